The van der Waals surface area contributed by atoms with Gasteiger partial charge in [-0.3, -0.25) is 5.32 Å². The van der Waals surface area contributed by atoms with Gasteiger partial charge in [-0.05, 0) is 56.5 Å². The highest BCUT2D eigenvalue weighted by Crippen LogP contribution is 2.18. The SMILES string of the molecule is COc1cccc(CCCNC(=O)Oc2cccc(NC(=O)OC(C)C)c2)c1. The van der Waals surface area contributed by atoms with Gasteiger partial charge in [0.05, 0.1) is 13.2 Å². The van der Waals surface area contributed by atoms with Gasteiger partial charge in [0, 0.05) is 18.3 Å². The maximum Gasteiger partial charge on any atom is 0.412 e. The largest absolute Gasteiger partial charge is 0.497 e. The molecule has 150 valence electrons. The normalized spacial score (nSPS) is 10.3. The van der Waals surface area contributed by atoms with Crippen LogP contribution in [0.3, 0.4) is 0 Å². The second-order valence-corrected chi connectivity index (χ2v) is 6.38. The summed E-state index contributed by atoms with van der Waals surface area (Å²) >= 11 is 0. The third-order valence-corrected chi connectivity index (χ3v) is 3.68. The summed E-state index contributed by atoms with van der Waals surface area (Å²) < 4.78 is 15.5. The molecule has 0 aliphatic carbocycles. The molecule has 0 bridgehead atoms. The predicted molar refractivity (Wildman–Crippen MR) is 107 cm³/mol. The van der Waals surface area contributed by atoms with Crippen molar-refractivity contribution < 1.29 is 23.8 Å². The highest BCUT2D eigenvalue weighted by Gasteiger charge is 2.08. The molecule has 28 heavy (non-hydrogen) atoms. The van der Waals surface area contributed by atoms with Crippen molar-refractivity contribution in [2.24, 2.45) is 0 Å². The molecule has 0 aliphatic rings. The van der Waals surface area contributed by atoms with Gasteiger partial charge in [-0.2, -0.15) is 0 Å². The highest BCUT2D eigenvalue weighted by atomic mass is 16.6. The van der Waals surface area contributed by atoms with Crippen LogP contribution in [0.15, 0.2) is 48.5 Å². The molecule has 0 saturated heterocycles. The standard InChI is InChI=1S/C21H26N2O5/c1-15(2)27-21(25)23-17-9-5-11-19(14-17)28-20(24)22-12-6-8-16-7-4-10-18(13-16)26-3/h4-5,7,9-11,13-15H,6,8,12H2,1-3H3,(H,22,24)(H,23,25). The van der Waals surface area contributed by atoms with Crippen molar-refractivity contribution in [3.05, 3.63) is 54.1 Å². The summed E-state index contributed by atoms with van der Waals surface area (Å²) in [6, 6.07) is 14.4. The first kappa shape index (κ1) is 21.1. The van der Waals surface area contributed by atoms with Gasteiger partial charge in [0.25, 0.3) is 0 Å². The van der Waals surface area contributed by atoms with Crippen molar-refractivity contribution in [3.63, 3.8) is 0 Å². The summed E-state index contributed by atoms with van der Waals surface area (Å²) in [6.07, 6.45) is 0.253. The summed E-state index contributed by atoms with van der Waals surface area (Å²) in [7, 11) is 1.63. The molecule has 0 radical (unpaired) electrons. The van der Waals surface area contributed by atoms with E-state index < -0.39 is 12.2 Å². The lowest BCUT2D eigenvalue weighted by atomic mass is 10.1. The number of nitrogens with one attached hydrogen (secondary N) is 2. The molecular weight excluding hydrogens is 360 g/mol. The van der Waals surface area contributed by atoms with Gasteiger partial charge < -0.3 is 19.5 Å². The van der Waals surface area contributed by atoms with Crippen LogP contribution in [0.2, 0.25) is 0 Å². The molecule has 2 aromatic carbocycles. The minimum absolute atomic E-state index is 0.220. The number of aryl methyl sites for hydroxylation is 1. The Kier molecular flexibility index (Phi) is 8.14. The summed E-state index contributed by atoms with van der Waals surface area (Å²) in [6.45, 7) is 4.00. The van der Waals surface area contributed by atoms with E-state index in [9.17, 15) is 9.59 Å². The first-order chi connectivity index (χ1) is 13.5. The number of benzene rings is 2. The first-order valence-electron chi connectivity index (χ1n) is 9.12. The van der Waals surface area contributed by atoms with Crippen LogP contribution >= 0.6 is 0 Å². The van der Waals surface area contributed by atoms with E-state index in [1.54, 1.807) is 45.2 Å². The van der Waals surface area contributed by atoms with E-state index >= 15 is 0 Å². The molecule has 0 atom stereocenters. The zero-order valence-electron chi connectivity index (χ0n) is 16.4. The van der Waals surface area contributed by atoms with Crippen molar-refractivity contribution >= 4 is 17.9 Å². The Labute approximate surface area is 165 Å². The van der Waals surface area contributed by atoms with Crippen LogP contribution in [-0.4, -0.2) is 31.9 Å². The molecule has 0 aliphatic heterocycles. The average Bonchev–Trinajstić information content (AvgIpc) is 2.65. The number of anilines is 1. The average molecular weight is 386 g/mol. The van der Waals surface area contributed by atoms with E-state index in [0.29, 0.717) is 18.0 Å². The quantitative estimate of drug-likeness (QED) is 0.658. The lowest BCUT2D eigenvalue weighted by Gasteiger charge is -2.11. The molecule has 0 spiro atoms. The number of amides is 2. The summed E-state index contributed by atoms with van der Waals surface area (Å²) in [5.74, 6) is 1.14. The van der Waals surface area contributed by atoms with Crippen LogP contribution in [0.5, 0.6) is 11.5 Å². The highest BCUT2D eigenvalue weighted by molar-refractivity contribution is 5.85. The second-order valence-electron chi connectivity index (χ2n) is 6.38. The van der Waals surface area contributed by atoms with E-state index in [-0.39, 0.29) is 6.10 Å². The molecule has 2 N–H and O–H groups in total. The summed E-state index contributed by atoms with van der Waals surface area (Å²) in [5, 5.41) is 5.30. The molecule has 7 nitrogen and oxygen atoms in total. The number of rotatable bonds is 8. The maximum atomic E-state index is 11.9. The molecule has 2 aromatic rings. The number of hydrogen-bond donors (Lipinski definition) is 2. The topological polar surface area (TPSA) is 85.9 Å². The molecule has 7 heteroatoms. The lowest BCUT2D eigenvalue weighted by Crippen LogP contribution is -2.28. The monoisotopic (exact) mass is 386 g/mol. The maximum absolute atomic E-state index is 11.9. The molecular formula is C21H26N2O5. The molecule has 0 heterocycles. The zero-order chi connectivity index (χ0) is 20.4. The smallest absolute Gasteiger partial charge is 0.412 e. The molecule has 2 amide bonds. The third kappa shape index (κ3) is 7.57. The fourth-order valence-electron chi connectivity index (χ4n) is 2.45. The van der Waals surface area contributed by atoms with Crippen LogP contribution in [0.25, 0.3) is 0 Å². The van der Waals surface area contributed by atoms with E-state index in [2.05, 4.69) is 10.6 Å². The Hall–Kier alpha value is -3.22. The van der Waals surface area contributed by atoms with Gasteiger partial charge in [-0.1, -0.05) is 18.2 Å². The van der Waals surface area contributed by atoms with Crippen molar-refractivity contribution in [2.75, 3.05) is 19.0 Å². The van der Waals surface area contributed by atoms with Crippen molar-refractivity contribution in [1.29, 1.82) is 0 Å². The molecule has 0 fully saturated rings. The zero-order valence-corrected chi connectivity index (χ0v) is 16.4. The van der Waals surface area contributed by atoms with Crippen LogP contribution in [0.4, 0.5) is 15.3 Å². The van der Waals surface area contributed by atoms with Crippen LogP contribution in [-0.2, 0) is 11.2 Å². The number of methoxy groups -OCH3 is 1. The minimum Gasteiger partial charge on any atom is -0.497 e. The van der Waals surface area contributed by atoms with Crippen LogP contribution in [0, 0.1) is 0 Å². The van der Waals surface area contributed by atoms with Gasteiger partial charge >= 0.3 is 12.2 Å². The van der Waals surface area contributed by atoms with Gasteiger partial charge in [0.2, 0.25) is 0 Å². The van der Waals surface area contributed by atoms with Crippen LogP contribution in [0.1, 0.15) is 25.8 Å². The van der Waals surface area contributed by atoms with E-state index in [1.807, 2.05) is 24.3 Å². The fraction of sp³-hybridized carbons (Fsp3) is 0.333. The predicted octanol–water partition coefficient (Wildman–Crippen LogP) is 4.37. The van der Waals surface area contributed by atoms with Crippen molar-refractivity contribution in [2.45, 2.75) is 32.8 Å². The lowest BCUT2D eigenvalue weighted by molar-refractivity contribution is 0.130. The van der Waals surface area contributed by atoms with Gasteiger partial charge in [0.15, 0.2) is 0 Å². The van der Waals surface area contributed by atoms with Gasteiger partial charge in [-0.25, -0.2) is 9.59 Å². The Bertz CT molecular complexity index is 792. The summed E-state index contributed by atoms with van der Waals surface area (Å²) in [4.78, 5) is 23.6. The van der Waals surface area contributed by atoms with Gasteiger partial charge in [-0.15, -0.1) is 0 Å². The first-order valence-corrected chi connectivity index (χ1v) is 9.12. The second kappa shape index (κ2) is 10.8. The fourth-order valence-corrected chi connectivity index (χ4v) is 2.45. The number of carbonyl (C=O) groups excluding carboxylic acids is 2. The van der Waals surface area contributed by atoms with Crippen molar-refractivity contribution in [1.82, 2.24) is 5.32 Å². The number of ether oxygens (including phenoxy) is 3. The number of hydrogen-bond acceptors (Lipinski definition) is 5. The Morgan fingerprint density at radius 3 is 2.50 bits per heavy atom. The van der Waals surface area contributed by atoms with Gasteiger partial charge in [0.1, 0.15) is 11.5 Å². The Morgan fingerprint density at radius 1 is 1.00 bits per heavy atom. The summed E-state index contributed by atoms with van der Waals surface area (Å²) in [5.41, 5.74) is 1.62. The number of carbonyl (C=O) groups is 2. The van der Waals surface area contributed by atoms with Crippen molar-refractivity contribution in [3.8, 4) is 11.5 Å². The third-order valence-electron chi connectivity index (χ3n) is 3.68. The Balaban J connectivity index is 1.75. The molecule has 0 unspecified atom stereocenters. The van der Waals surface area contributed by atoms with E-state index in [4.69, 9.17) is 14.2 Å². The van der Waals surface area contributed by atoms with Crippen LogP contribution < -0.4 is 20.1 Å². The Morgan fingerprint density at radius 2 is 1.75 bits per heavy atom. The molecule has 2 rings (SSSR count). The minimum atomic E-state index is -0.561. The molecule has 0 aromatic heterocycles. The van der Waals surface area contributed by atoms with E-state index in [1.165, 1.54) is 0 Å². The van der Waals surface area contributed by atoms with E-state index in [0.717, 1.165) is 24.2 Å². The molecule has 0 saturated carbocycles.